The van der Waals surface area contributed by atoms with Crippen LogP contribution < -0.4 is 0 Å². The van der Waals surface area contributed by atoms with Crippen molar-refractivity contribution in [3.05, 3.63) is 0 Å². The van der Waals surface area contributed by atoms with E-state index in [9.17, 15) is 9.59 Å². The SMILES string of the molecule is CCOC(=O)C1CCC(OC[C@@H]2CCCN2C(=O)OC(C)(C)C)CC1. The van der Waals surface area contributed by atoms with Crippen LogP contribution in [0, 0.1) is 5.92 Å². The van der Waals surface area contributed by atoms with Crippen molar-refractivity contribution in [2.75, 3.05) is 19.8 Å². The average molecular weight is 355 g/mol. The van der Waals surface area contributed by atoms with E-state index in [1.54, 1.807) is 4.90 Å². The van der Waals surface area contributed by atoms with Crippen LogP contribution in [0.15, 0.2) is 0 Å². The molecule has 0 unspecified atom stereocenters. The maximum Gasteiger partial charge on any atom is 0.410 e. The van der Waals surface area contributed by atoms with Gasteiger partial charge in [0.1, 0.15) is 5.60 Å². The number of ether oxygens (including phenoxy) is 3. The number of hydrogen-bond acceptors (Lipinski definition) is 5. The van der Waals surface area contributed by atoms with Crippen molar-refractivity contribution in [2.45, 2.75) is 84.0 Å². The second-order valence-corrected chi connectivity index (χ2v) is 8.03. The molecule has 2 fully saturated rings. The molecule has 6 heteroatoms. The highest BCUT2D eigenvalue weighted by molar-refractivity contribution is 5.72. The van der Waals surface area contributed by atoms with Gasteiger partial charge in [0.2, 0.25) is 0 Å². The first-order valence-corrected chi connectivity index (χ1v) is 9.58. The van der Waals surface area contributed by atoms with Gasteiger partial charge in [0.15, 0.2) is 0 Å². The third-order valence-electron chi connectivity index (χ3n) is 4.82. The highest BCUT2D eigenvalue weighted by Gasteiger charge is 2.34. The van der Waals surface area contributed by atoms with E-state index >= 15 is 0 Å². The van der Waals surface area contributed by atoms with Crippen LogP contribution in [0.5, 0.6) is 0 Å². The Morgan fingerprint density at radius 2 is 1.76 bits per heavy atom. The van der Waals surface area contributed by atoms with Gasteiger partial charge in [0.25, 0.3) is 0 Å². The Morgan fingerprint density at radius 3 is 2.36 bits per heavy atom. The van der Waals surface area contributed by atoms with E-state index in [1.165, 1.54) is 0 Å². The number of hydrogen-bond donors (Lipinski definition) is 0. The predicted octanol–water partition coefficient (Wildman–Crippen LogP) is 3.52. The number of amides is 1. The van der Waals surface area contributed by atoms with E-state index in [2.05, 4.69) is 0 Å². The molecule has 1 aliphatic heterocycles. The molecule has 2 rings (SSSR count). The Balaban J connectivity index is 1.74. The van der Waals surface area contributed by atoms with Crippen LogP contribution in [0.2, 0.25) is 0 Å². The molecule has 144 valence electrons. The lowest BCUT2D eigenvalue weighted by Crippen LogP contribution is -2.42. The fraction of sp³-hybridized carbons (Fsp3) is 0.895. The summed E-state index contributed by atoms with van der Waals surface area (Å²) >= 11 is 0. The summed E-state index contributed by atoms with van der Waals surface area (Å²) in [6, 6.07) is 0.0950. The molecule has 0 spiro atoms. The molecule has 6 nitrogen and oxygen atoms in total. The van der Waals surface area contributed by atoms with Crippen LogP contribution in [-0.2, 0) is 19.0 Å². The maximum absolute atomic E-state index is 12.3. The van der Waals surface area contributed by atoms with Gasteiger partial charge in [-0.25, -0.2) is 4.79 Å². The molecule has 1 atom stereocenters. The van der Waals surface area contributed by atoms with Crippen molar-refractivity contribution >= 4 is 12.1 Å². The molecule has 1 saturated carbocycles. The summed E-state index contributed by atoms with van der Waals surface area (Å²) in [7, 11) is 0. The maximum atomic E-state index is 12.3. The first kappa shape index (κ1) is 20.0. The third kappa shape index (κ3) is 6.17. The minimum Gasteiger partial charge on any atom is -0.466 e. The summed E-state index contributed by atoms with van der Waals surface area (Å²) < 4.78 is 16.7. The van der Waals surface area contributed by atoms with E-state index in [-0.39, 0.29) is 30.1 Å². The number of nitrogens with zero attached hydrogens (tertiary/aromatic N) is 1. The van der Waals surface area contributed by atoms with Gasteiger partial charge < -0.3 is 19.1 Å². The van der Waals surface area contributed by atoms with Gasteiger partial charge in [-0.15, -0.1) is 0 Å². The number of likely N-dealkylation sites (tertiary alicyclic amines) is 1. The van der Waals surface area contributed by atoms with E-state index < -0.39 is 5.60 Å². The fourth-order valence-electron chi connectivity index (χ4n) is 3.54. The lowest BCUT2D eigenvalue weighted by molar-refractivity contribution is -0.150. The lowest BCUT2D eigenvalue weighted by atomic mass is 9.87. The molecule has 1 saturated heterocycles. The third-order valence-corrected chi connectivity index (χ3v) is 4.82. The molecule has 0 bridgehead atoms. The van der Waals surface area contributed by atoms with E-state index in [0.29, 0.717) is 13.2 Å². The monoisotopic (exact) mass is 355 g/mol. The zero-order chi connectivity index (χ0) is 18.4. The summed E-state index contributed by atoms with van der Waals surface area (Å²) in [5.41, 5.74) is -0.476. The molecule has 2 aliphatic rings. The summed E-state index contributed by atoms with van der Waals surface area (Å²) in [6.45, 7) is 9.21. The second kappa shape index (κ2) is 8.88. The second-order valence-electron chi connectivity index (χ2n) is 8.03. The smallest absolute Gasteiger partial charge is 0.410 e. The average Bonchev–Trinajstić information content (AvgIpc) is 3.01. The van der Waals surface area contributed by atoms with Gasteiger partial charge >= 0.3 is 12.1 Å². The van der Waals surface area contributed by atoms with Crippen LogP contribution in [0.1, 0.15) is 66.2 Å². The number of carbonyl (C=O) groups excluding carboxylic acids is 2. The molecule has 0 radical (unpaired) electrons. The van der Waals surface area contributed by atoms with Crippen molar-refractivity contribution in [3.63, 3.8) is 0 Å². The summed E-state index contributed by atoms with van der Waals surface area (Å²) in [4.78, 5) is 25.9. The quantitative estimate of drug-likeness (QED) is 0.706. The zero-order valence-electron chi connectivity index (χ0n) is 16.1. The minimum atomic E-state index is -0.476. The molecule has 1 amide bonds. The van der Waals surface area contributed by atoms with E-state index in [1.807, 2.05) is 27.7 Å². The van der Waals surface area contributed by atoms with Crippen molar-refractivity contribution in [1.29, 1.82) is 0 Å². The molecule has 0 aromatic heterocycles. The molecule has 0 aromatic carbocycles. The minimum absolute atomic E-state index is 0.0181. The van der Waals surface area contributed by atoms with Gasteiger partial charge in [-0.05, 0) is 66.2 Å². The Morgan fingerprint density at radius 1 is 1.08 bits per heavy atom. The molecule has 25 heavy (non-hydrogen) atoms. The van der Waals surface area contributed by atoms with Gasteiger partial charge in [-0.3, -0.25) is 4.79 Å². The summed E-state index contributed by atoms with van der Waals surface area (Å²) in [5, 5.41) is 0. The Labute approximate surface area is 151 Å². The summed E-state index contributed by atoms with van der Waals surface area (Å²) in [5.74, 6) is -0.0580. The molecule has 1 aliphatic carbocycles. The van der Waals surface area contributed by atoms with Gasteiger partial charge in [-0.1, -0.05) is 0 Å². The van der Waals surface area contributed by atoms with Gasteiger partial charge in [-0.2, -0.15) is 0 Å². The molecular formula is C19H33NO5. The van der Waals surface area contributed by atoms with Crippen LogP contribution in [0.25, 0.3) is 0 Å². The topological polar surface area (TPSA) is 65.1 Å². The Hall–Kier alpha value is -1.30. The van der Waals surface area contributed by atoms with Crippen molar-refractivity contribution in [1.82, 2.24) is 4.90 Å². The highest BCUT2D eigenvalue weighted by Crippen LogP contribution is 2.28. The standard InChI is InChI=1S/C19H33NO5/c1-5-23-17(21)14-8-10-16(11-9-14)24-13-15-7-6-12-20(15)18(22)25-19(2,3)4/h14-16H,5-13H2,1-4H3/t14?,15-,16?/m0/s1. The number of rotatable bonds is 5. The van der Waals surface area contributed by atoms with Gasteiger partial charge in [0, 0.05) is 6.54 Å². The largest absolute Gasteiger partial charge is 0.466 e. The first-order valence-electron chi connectivity index (χ1n) is 9.58. The van der Waals surface area contributed by atoms with E-state index in [0.717, 1.165) is 45.1 Å². The molecule has 0 aromatic rings. The van der Waals surface area contributed by atoms with Crippen molar-refractivity contribution in [3.8, 4) is 0 Å². The van der Waals surface area contributed by atoms with Gasteiger partial charge in [0.05, 0.1) is 31.3 Å². The van der Waals surface area contributed by atoms with Crippen molar-refractivity contribution < 1.29 is 23.8 Å². The molecule has 1 heterocycles. The Bertz CT molecular complexity index is 451. The normalized spacial score (nSPS) is 27.2. The molecular weight excluding hydrogens is 322 g/mol. The first-order chi connectivity index (χ1) is 11.8. The zero-order valence-corrected chi connectivity index (χ0v) is 16.1. The van der Waals surface area contributed by atoms with Crippen LogP contribution in [0.4, 0.5) is 4.79 Å². The predicted molar refractivity (Wildman–Crippen MR) is 94.3 cm³/mol. The lowest BCUT2D eigenvalue weighted by Gasteiger charge is -2.31. The molecule has 0 N–H and O–H groups in total. The number of esters is 1. The number of carbonyl (C=O) groups is 2. The highest BCUT2D eigenvalue weighted by atomic mass is 16.6. The fourth-order valence-corrected chi connectivity index (χ4v) is 3.54. The van der Waals surface area contributed by atoms with Crippen LogP contribution in [0.3, 0.4) is 0 Å². The van der Waals surface area contributed by atoms with Crippen LogP contribution >= 0.6 is 0 Å². The van der Waals surface area contributed by atoms with Crippen LogP contribution in [-0.4, -0.2) is 54.5 Å². The Kier molecular flexibility index (Phi) is 7.11. The summed E-state index contributed by atoms with van der Waals surface area (Å²) in [6.07, 6.45) is 5.27. The van der Waals surface area contributed by atoms with E-state index in [4.69, 9.17) is 14.2 Å². The van der Waals surface area contributed by atoms with Crippen molar-refractivity contribution in [2.24, 2.45) is 5.92 Å².